The Morgan fingerprint density at radius 3 is 2.69 bits per heavy atom. The summed E-state index contributed by atoms with van der Waals surface area (Å²) in [6.07, 6.45) is 0. The van der Waals surface area contributed by atoms with Crippen LogP contribution in [0.2, 0.25) is 0 Å². The smallest absolute Gasteiger partial charge is 0.277 e. The Bertz CT molecular complexity index is 359. The van der Waals surface area contributed by atoms with E-state index in [0.717, 1.165) is 0 Å². The highest BCUT2D eigenvalue weighted by atomic mass is 16.1. The van der Waals surface area contributed by atoms with Gasteiger partial charge in [-0.15, -0.1) is 0 Å². The minimum Gasteiger partial charge on any atom is -0.391 e. The van der Waals surface area contributed by atoms with E-state index < -0.39 is 5.56 Å². The lowest BCUT2D eigenvalue weighted by Crippen LogP contribution is -2.34. The van der Waals surface area contributed by atoms with E-state index in [1.54, 1.807) is 14.1 Å². The summed E-state index contributed by atoms with van der Waals surface area (Å²) in [7, 11) is 3.36. The summed E-state index contributed by atoms with van der Waals surface area (Å²) in [4.78, 5) is 17.3. The van der Waals surface area contributed by atoms with E-state index in [-0.39, 0.29) is 11.6 Å². The topological polar surface area (TPSA) is 113 Å². The Morgan fingerprint density at radius 1 is 1.54 bits per heavy atom. The minimum atomic E-state index is -0.440. The molecule has 7 heteroatoms. The second-order valence-electron chi connectivity index (χ2n) is 2.47. The normalized spacial score (nSPS) is 10.0. The van der Waals surface area contributed by atoms with Crippen LogP contribution in [0, 0.1) is 0 Å². The summed E-state index contributed by atoms with van der Waals surface area (Å²) in [6, 6.07) is 0. The Labute approximate surface area is 74.7 Å². The molecule has 1 aromatic heterocycles. The summed E-state index contributed by atoms with van der Waals surface area (Å²) in [6.45, 7) is 0. The average Bonchev–Trinajstić information content (AvgIpc) is 2.10. The Balaban J connectivity index is 3.28. The summed E-state index contributed by atoms with van der Waals surface area (Å²) in [5, 5.41) is 1.50. The predicted molar refractivity (Wildman–Crippen MR) is 51.1 cm³/mol. The van der Waals surface area contributed by atoms with Gasteiger partial charge in [-0.3, -0.25) is 14.8 Å². The number of nitrogen functional groups attached to an aromatic ring is 2. The molecule has 1 aromatic rings. The van der Waals surface area contributed by atoms with Crippen molar-refractivity contribution >= 4 is 17.5 Å². The number of H-pyrrole nitrogens is 1. The molecule has 1 heterocycles. The molecule has 7 nitrogen and oxygen atoms in total. The van der Waals surface area contributed by atoms with Gasteiger partial charge in [0, 0.05) is 14.1 Å². The van der Waals surface area contributed by atoms with Gasteiger partial charge in [0.1, 0.15) is 5.69 Å². The van der Waals surface area contributed by atoms with E-state index in [1.165, 1.54) is 5.01 Å². The van der Waals surface area contributed by atoms with Gasteiger partial charge in [0.05, 0.1) is 0 Å². The van der Waals surface area contributed by atoms with E-state index in [2.05, 4.69) is 15.4 Å². The van der Waals surface area contributed by atoms with E-state index >= 15 is 0 Å². The number of hydrogen-bond acceptors (Lipinski definition) is 6. The van der Waals surface area contributed by atoms with Crippen LogP contribution in [0.5, 0.6) is 0 Å². The molecule has 0 spiro atoms. The summed E-state index contributed by atoms with van der Waals surface area (Å²) >= 11 is 0. The maximum absolute atomic E-state index is 11.1. The Hall–Kier alpha value is -1.76. The molecule has 0 aliphatic rings. The molecule has 0 saturated heterocycles. The van der Waals surface area contributed by atoms with E-state index in [0.29, 0.717) is 5.82 Å². The molecule has 0 saturated carbocycles. The number of nitrogens with zero attached hydrogens (tertiary/aromatic N) is 2. The zero-order valence-electron chi connectivity index (χ0n) is 7.46. The number of hydrogen-bond donors (Lipinski definition) is 4. The quantitative estimate of drug-likeness (QED) is 0.416. The van der Waals surface area contributed by atoms with Crippen molar-refractivity contribution in [2.75, 3.05) is 30.6 Å². The number of aromatic amines is 1. The standard InChI is InChI=1S/C6H12N6O/c1-9-12(2)4-3(7)5(13)11-6(8)10-4/h9H,7H2,1-2H3,(H3,8,10,11,13). The van der Waals surface area contributed by atoms with Gasteiger partial charge in [-0.1, -0.05) is 0 Å². The molecular weight excluding hydrogens is 172 g/mol. The first-order valence-electron chi connectivity index (χ1n) is 3.62. The summed E-state index contributed by atoms with van der Waals surface area (Å²) < 4.78 is 0. The molecule has 1 rings (SSSR count). The summed E-state index contributed by atoms with van der Waals surface area (Å²) in [5.41, 5.74) is 13.2. The van der Waals surface area contributed by atoms with Gasteiger partial charge in [-0.25, -0.2) is 5.43 Å². The van der Waals surface area contributed by atoms with Crippen LogP contribution >= 0.6 is 0 Å². The van der Waals surface area contributed by atoms with Gasteiger partial charge in [0.15, 0.2) is 5.82 Å². The molecule has 0 bridgehead atoms. The van der Waals surface area contributed by atoms with Gasteiger partial charge in [0.2, 0.25) is 5.95 Å². The zero-order chi connectivity index (χ0) is 10.0. The van der Waals surface area contributed by atoms with Crippen molar-refractivity contribution in [2.45, 2.75) is 0 Å². The van der Waals surface area contributed by atoms with Gasteiger partial charge >= 0.3 is 0 Å². The lowest BCUT2D eigenvalue weighted by Gasteiger charge is -2.17. The largest absolute Gasteiger partial charge is 0.391 e. The van der Waals surface area contributed by atoms with Crippen molar-refractivity contribution in [3.05, 3.63) is 10.4 Å². The average molecular weight is 184 g/mol. The van der Waals surface area contributed by atoms with Crippen molar-refractivity contribution in [1.29, 1.82) is 0 Å². The number of hydrazine groups is 1. The van der Waals surface area contributed by atoms with Crippen LogP contribution in [0.3, 0.4) is 0 Å². The molecule has 13 heavy (non-hydrogen) atoms. The van der Waals surface area contributed by atoms with Crippen molar-refractivity contribution in [3.8, 4) is 0 Å². The highest BCUT2D eigenvalue weighted by Gasteiger charge is 2.09. The lowest BCUT2D eigenvalue weighted by molar-refractivity contribution is 0.775. The van der Waals surface area contributed by atoms with Crippen LogP contribution in [0.1, 0.15) is 0 Å². The Morgan fingerprint density at radius 2 is 2.15 bits per heavy atom. The van der Waals surface area contributed by atoms with E-state index in [9.17, 15) is 4.79 Å². The van der Waals surface area contributed by atoms with Gasteiger partial charge in [0.25, 0.3) is 5.56 Å². The molecule has 0 unspecified atom stereocenters. The third-order valence-electron chi connectivity index (χ3n) is 1.61. The molecular formula is C6H12N6O. The fraction of sp³-hybridized carbons (Fsp3) is 0.333. The number of anilines is 3. The molecule has 6 N–H and O–H groups in total. The number of nitrogens with two attached hydrogens (primary N) is 2. The third kappa shape index (κ3) is 1.70. The first-order valence-corrected chi connectivity index (χ1v) is 3.62. The van der Waals surface area contributed by atoms with E-state index in [1.807, 2.05) is 0 Å². The number of nitrogens with one attached hydrogen (secondary N) is 2. The number of rotatable bonds is 2. The van der Waals surface area contributed by atoms with Crippen LogP contribution in [-0.2, 0) is 0 Å². The molecule has 0 aliphatic heterocycles. The maximum atomic E-state index is 11.1. The molecule has 0 atom stereocenters. The minimum absolute atomic E-state index is 0.0334. The van der Waals surface area contributed by atoms with Gasteiger partial charge < -0.3 is 11.5 Å². The van der Waals surface area contributed by atoms with Crippen molar-refractivity contribution in [1.82, 2.24) is 15.4 Å². The first-order chi connectivity index (χ1) is 6.06. The zero-order valence-corrected chi connectivity index (χ0v) is 7.46. The van der Waals surface area contributed by atoms with Crippen molar-refractivity contribution in [2.24, 2.45) is 0 Å². The molecule has 72 valence electrons. The molecule has 0 aromatic carbocycles. The second kappa shape index (κ2) is 3.31. The second-order valence-corrected chi connectivity index (χ2v) is 2.47. The molecule has 0 amide bonds. The third-order valence-corrected chi connectivity index (χ3v) is 1.61. The van der Waals surface area contributed by atoms with Gasteiger partial charge in [-0.05, 0) is 0 Å². The van der Waals surface area contributed by atoms with Gasteiger partial charge in [-0.2, -0.15) is 4.98 Å². The van der Waals surface area contributed by atoms with Crippen molar-refractivity contribution < 1.29 is 0 Å². The van der Waals surface area contributed by atoms with Crippen LogP contribution in [0.4, 0.5) is 17.5 Å². The monoisotopic (exact) mass is 184 g/mol. The first kappa shape index (κ1) is 9.33. The fourth-order valence-electron chi connectivity index (χ4n) is 0.849. The highest BCUT2D eigenvalue weighted by molar-refractivity contribution is 5.61. The van der Waals surface area contributed by atoms with E-state index in [4.69, 9.17) is 11.5 Å². The van der Waals surface area contributed by atoms with Crippen LogP contribution < -0.4 is 27.5 Å². The van der Waals surface area contributed by atoms with Crippen LogP contribution in [-0.4, -0.2) is 24.1 Å². The molecule has 0 radical (unpaired) electrons. The maximum Gasteiger partial charge on any atom is 0.277 e. The van der Waals surface area contributed by atoms with Crippen LogP contribution in [0.15, 0.2) is 4.79 Å². The highest BCUT2D eigenvalue weighted by Crippen LogP contribution is 2.12. The lowest BCUT2D eigenvalue weighted by atomic mass is 10.4. The van der Waals surface area contributed by atoms with Crippen LogP contribution in [0.25, 0.3) is 0 Å². The molecule has 0 fully saturated rings. The SMILES string of the molecule is CNN(C)c1nc(N)[nH]c(=O)c1N. The van der Waals surface area contributed by atoms with Crippen molar-refractivity contribution in [3.63, 3.8) is 0 Å². The predicted octanol–water partition coefficient (Wildman–Crippen LogP) is -1.50. The Kier molecular flexibility index (Phi) is 2.38. The summed E-state index contributed by atoms with van der Waals surface area (Å²) in [5.74, 6) is 0.347. The number of aromatic nitrogens is 2. The molecule has 0 aliphatic carbocycles. The fourth-order valence-corrected chi connectivity index (χ4v) is 0.849.